The number of methoxy groups -OCH3 is 1. The van der Waals surface area contributed by atoms with Crippen LogP contribution in [0.5, 0.6) is 5.75 Å². The molecule has 0 spiro atoms. The number of nitrogens with one attached hydrogen (secondary N) is 3. The van der Waals surface area contributed by atoms with E-state index in [4.69, 9.17) is 9.84 Å². The molecule has 3 fully saturated rings. The monoisotopic (exact) mass is 736 g/mol. The van der Waals surface area contributed by atoms with E-state index in [2.05, 4.69) is 35.8 Å². The maximum Gasteiger partial charge on any atom is 0.260 e. The molecule has 8 rings (SSSR count). The molecule has 54 heavy (non-hydrogen) atoms. The molecule has 5 aromatic rings. The molecule has 280 valence electrons. The highest BCUT2D eigenvalue weighted by atomic mass is 19.1. The van der Waals surface area contributed by atoms with Crippen LogP contribution in [0.25, 0.3) is 16.6 Å². The molecular formula is C38H41FN10O5. The fourth-order valence-electron chi connectivity index (χ4n) is 7.80. The molecule has 15 nitrogen and oxygen atoms in total. The summed E-state index contributed by atoms with van der Waals surface area (Å²) in [4.78, 5) is 58.3. The molecule has 5 heterocycles. The summed E-state index contributed by atoms with van der Waals surface area (Å²) in [5.74, 6) is -1.14. The Bertz CT molecular complexity index is 2240. The number of rotatable bonds is 9. The van der Waals surface area contributed by atoms with Crippen LogP contribution in [0, 0.1) is 11.7 Å². The van der Waals surface area contributed by atoms with Gasteiger partial charge >= 0.3 is 0 Å². The number of piperidine rings is 1. The van der Waals surface area contributed by atoms with Gasteiger partial charge in [-0.25, -0.2) is 9.37 Å². The highest BCUT2D eigenvalue weighted by Crippen LogP contribution is 2.35. The first-order valence-corrected chi connectivity index (χ1v) is 18.3. The maximum absolute atomic E-state index is 15.1. The van der Waals surface area contributed by atoms with E-state index in [1.807, 2.05) is 29.1 Å². The summed E-state index contributed by atoms with van der Waals surface area (Å²) in [6.45, 7) is 4.21. The smallest absolute Gasteiger partial charge is 0.260 e. The third-order valence-corrected chi connectivity index (χ3v) is 10.8. The van der Waals surface area contributed by atoms with Crippen LogP contribution >= 0.6 is 0 Å². The number of aromatic nitrogens is 5. The summed E-state index contributed by atoms with van der Waals surface area (Å²) >= 11 is 0. The Labute approximate surface area is 309 Å². The molecule has 4 amide bonds. The number of amides is 4. The molecule has 2 saturated heterocycles. The standard InChI is InChI=1S/C38H41FN10O5/c1-54-32-19-31-24(17-28(32)37(52)43-34-20-40-33-3-2-12-41-49(33)34)22-48(45-31)25-6-4-23(5-7-25)21-46-13-15-47(16-14-46)26-8-9-27(29(39)18-26)36(51)42-30-10-11-35(50)44-38(30)53/h2-3,8-9,12,17-20,22-23,25,30H,4-7,10-11,13-16,21H2,1H3,(H,42,51)(H,43,52)(H,44,50,53). The quantitative estimate of drug-likeness (QED) is 0.190. The number of piperazine rings is 1. The Morgan fingerprint density at radius 3 is 2.56 bits per heavy atom. The highest BCUT2D eigenvalue weighted by Gasteiger charge is 2.30. The normalized spacial score (nSPS) is 20.9. The van der Waals surface area contributed by atoms with E-state index in [0.29, 0.717) is 34.4 Å². The molecule has 0 radical (unpaired) electrons. The molecule has 2 aromatic carbocycles. The van der Waals surface area contributed by atoms with Gasteiger partial charge in [0.15, 0.2) is 11.5 Å². The first-order valence-electron chi connectivity index (χ1n) is 18.3. The molecule has 1 aliphatic carbocycles. The number of ether oxygens (including phenoxy) is 1. The van der Waals surface area contributed by atoms with Gasteiger partial charge in [0.25, 0.3) is 11.8 Å². The predicted molar refractivity (Wildman–Crippen MR) is 197 cm³/mol. The number of benzene rings is 2. The van der Waals surface area contributed by atoms with Crippen LogP contribution in [0.1, 0.15) is 65.3 Å². The van der Waals surface area contributed by atoms with Crippen molar-refractivity contribution < 1.29 is 28.3 Å². The van der Waals surface area contributed by atoms with Crippen molar-refractivity contribution in [3.63, 3.8) is 0 Å². The van der Waals surface area contributed by atoms with E-state index in [1.54, 1.807) is 36.2 Å². The first-order chi connectivity index (χ1) is 26.2. The van der Waals surface area contributed by atoms with Crippen molar-refractivity contribution >= 4 is 51.7 Å². The number of halogens is 1. The van der Waals surface area contributed by atoms with Crippen LogP contribution in [0.15, 0.2) is 61.1 Å². The Kier molecular flexibility index (Phi) is 9.67. The van der Waals surface area contributed by atoms with E-state index >= 15 is 4.39 Å². The molecule has 16 heteroatoms. The number of carbonyl (C=O) groups excluding carboxylic acids is 4. The first kappa shape index (κ1) is 35.1. The van der Waals surface area contributed by atoms with E-state index < -0.39 is 23.7 Å². The molecule has 1 saturated carbocycles. The third-order valence-electron chi connectivity index (χ3n) is 10.8. The van der Waals surface area contributed by atoms with Gasteiger partial charge in [-0.1, -0.05) is 0 Å². The van der Waals surface area contributed by atoms with Crippen LogP contribution < -0.4 is 25.6 Å². The number of anilines is 2. The summed E-state index contributed by atoms with van der Waals surface area (Å²) in [6.07, 6.45) is 9.72. The van der Waals surface area contributed by atoms with Crippen LogP contribution in [0.4, 0.5) is 15.9 Å². The second-order valence-corrected chi connectivity index (χ2v) is 14.2. The molecule has 3 aliphatic rings. The van der Waals surface area contributed by atoms with Crippen molar-refractivity contribution in [3.8, 4) is 5.75 Å². The Morgan fingerprint density at radius 2 is 1.80 bits per heavy atom. The number of imide groups is 1. The fraction of sp³-hybridized carbons (Fsp3) is 0.395. The SMILES string of the molecule is COc1cc2nn(C3CCC(CN4CCN(c5ccc(C(=O)NC6CCC(=O)NC6=O)c(F)c5)CC4)CC3)cc2cc1C(=O)Nc1cnc2cccnn12. The van der Waals surface area contributed by atoms with E-state index in [9.17, 15) is 19.2 Å². The third kappa shape index (κ3) is 7.20. The molecule has 3 N–H and O–H groups in total. The highest BCUT2D eigenvalue weighted by molar-refractivity contribution is 6.08. The zero-order chi connectivity index (χ0) is 37.3. The minimum Gasteiger partial charge on any atom is -0.496 e. The van der Waals surface area contributed by atoms with Crippen molar-refractivity contribution in [2.45, 2.75) is 50.6 Å². The summed E-state index contributed by atoms with van der Waals surface area (Å²) in [5.41, 5.74) is 2.38. The van der Waals surface area contributed by atoms with Crippen molar-refractivity contribution in [3.05, 3.63) is 78.0 Å². The van der Waals surface area contributed by atoms with Gasteiger partial charge in [-0.2, -0.15) is 14.7 Å². The Morgan fingerprint density at radius 1 is 0.981 bits per heavy atom. The van der Waals surface area contributed by atoms with Gasteiger partial charge in [-0.3, -0.25) is 34.1 Å². The van der Waals surface area contributed by atoms with Crippen molar-refractivity contribution in [2.75, 3.05) is 50.1 Å². The van der Waals surface area contributed by atoms with Crippen molar-refractivity contribution in [2.24, 2.45) is 5.92 Å². The number of fused-ring (bicyclic) bond motifs is 2. The largest absolute Gasteiger partial charge is 0.496 e. The number of hydrogen-bond donors (Lipinski definition) is 3. The lowest BCUT2D eigenvalue weighted by molar-refractivity contribution is -0.134. The number of nitrogens with zero attached hydrogens (tertiary/aromatic N) is 7. The lowest BCUT2D eigenvalue weighted by atomic mass is 9.85. The van der Waals surface area contributed by atoms with Crippen LogP contribution in [0.3, 0.4) is 0 Å². The molecule has 0 bridgehead atoms. The van der Waals surface area contributed by atoms with Gasteiger partial charge < -0.3 is 20.3 Å². The number of hydrogen-bond acceptors (Lipinski definition) is 10. The van der Waals surface area contributed by atoms with Gasteiger partial charge in [0.05, 0.1) is 36.0 Å². The fourth-order valence-corrected chi connectivity index (χ4v) is 7.80. The maximum atomic E-state index is 15.1. The molecule has 3 aromatic heterocycles. The minimum absolute atomic E-state index is 0.126. The summed E-state index contributed by atoms with van der Waals surface area (Å²) in [7, 11) is 1.54. The molecule has 1 unspecified atom stereocenters. The van der Waals surface area contributed by atoms with Crippen molar-refractivity contribution in [1.29, 1.82) is 0 Å². The van der Waals surface area contributed by atoms with Crippen LogP contribution in [-0.4, -0.2) is 98.8 Å². The minimum atomic E-state index is -0.864. The zero-order valence-electron chi connectivity index (χ0n) is 29.8. The Balaban J connectivity index is 0.826. The van der Waals surface area contributed by atoms with E-state index in [0.717, 1.165) is 69.3 Å². The van der Waals surface area contributed by atoms with Gasteiger partial charge in [0, 0.05) is 68.7 Å². The number of imidazole rings is 1. The van der Waals surface area contributed by atoms with Gasteiger partial charge in [-0.15, -0.1) is 0 Å². The van der Waals surface area contributed by atoms with Crippen LogP contribution in [-0.2, 0) is 9.59 Å². The predicted octanol–water partition coefficient (Wildman–Crippen LogP) is 3.57. The summed E-state index contributed by atoms with van der Waals surface area (Å²) < 4.78 is 24.3. The number of carbonyl (C=O) groups is 4. The zero-order valence-corrected chi connectivity index (χ0v) is 29.8. The average Bonchev–Trinajstić information content (AvgIpc) is 3.79. The second-order valence-electron chi connectivity index (χ2n) is 14.2. The molecule has 2 aliphatic heterocycles. The molecule has 1 atom stereocenters. The summed E-state index contributed by atoms with van der Waals surface area (Å²) in [5, 5.41) is 17.6. The average molecular weight is 737 g/mol. The molecular weight excluding hydrogens is 695 g/mol. The second kappa shape index (κ2) is 14.9. The van der Waals surface area contributed by atoms with E-state index in [1.165, 1.54) is 12.1 Å². The van der Waals surface area contributed by atoms with E-state index in [-0.39, 0.29) is 36.3 Å². The lowest BCUT2D eigenvalue weighted by Crippen LogP contribution is -2.52. The Hall–Kier alpha value is -5.90. The van der Waals surface area contributed by atoms with Gasteiger partial charge in [0.1, 0.15) is 17.6 Å². The topological polar surface area (TPSA) is 168 Å². The lowest BCUT2D eigenvalue weighted by Gasteiger charge is -2.39. The van der Waals surface area contributed by atoms with Gasteiger partial charge in [0.2, 0.25) is 11.8 Å². The summed E-state index contributed by atoms with van der Waals surface area (Å²) in [6, 6.07) is 11.2. The van der Waals surface area contributed by atoms with Gasteiger partial charge in [-0.05, 0) is 74.4 Å². The van der Waals surface area contributed by atoms with Crippen LogP contribution in [0.2, 0.25) is 0 Å². The van der Waals surface area contributed by atoms with Crippen molar-refractivity contribution in [1.82, 2.24) is 39.9 Å².